The van der Waals surface area contributed by atoms with Crippen molar-refractivity contribution >= 4 is 15.9 Å². The van der Waals surface area contributed by atoms with Gasteiger partial charge in [0.15, 0.2) is 0 Å². The van der Waals surface area contributed by atoms with Crippen LogP contribution in [0.15, 0.2) is 48.5 Å². The molecule has 0 aliphatic carbocycles. The van der Waals surface area contributed by atoms with Gasteiger partial charge in [0.1, 0.15) is 17.4 Å². The maximum absolute atomic E-state index is 14.9. The average molecular weight is 518 g/mol. The number of carbonyl (C=O) groups excluding carboxylic acids is 1. The molecule has 2 aromatic carbocycles. The molecule has 7 nitrogen and oxygen atoms in total. The van der Waals surface area contributed by atoms with Crippen LogP contribution in [0.1, 0.15) is 29.9 Å². The predicted molar refractivity (Wildman–Crippen MR) is 134 cm³/mol. The maximum Gasteiger partial charge on any atom is 0.255 e. The number of carbonyl (C=O) groups is 1. The zero-order valence-corrected chi connectivity index (χ0v) is 21.5. The summed E-state index contributed by atoms with van der Waals surface area (Å²) < 4.78 is 61.8. The molecule has 3 aromatic rings. The van der Waals surface area contributed by atoms with E-state index in [1.165, 1.54) is 16.4 Å². The molecule has 192 valence electrons. The highest BCUT2D eigenvalue weighted by molar-refractivity contribution is 7.89. The number of halogens is 2. The van der Waals surface area contributed by atoms with E-state index in [4.69, 9.17) is 4.74 Å². The predicted octanol–water partition coefficient (Wildman–Crippen LogP) is 4.24. The minimum absolute atomic E-state index is 0.117. The fourth-order valence-electron chi connectivity index (χ4n) is 4.38. The normalized spacial score (nSPS) is 14.9. The lowest BCUT2D eigenvalue weighted by atomic mass is 10.1. The molecular formula is C26H29F2N3O4S. The summed E-state index contributed by atoms with van der Waals surface area (Å²) in [5.74, 6) is -1.08. The van der Waals surface area contributed by atoms with E-state index in [0.717, 1.165) is 11.6 Å². The number of aromatic nitrogens is 1. The number of rotatable bonds is 6. The average Bonchev–Trinajstić information content (AvgIpc) is 3.20. The van der Waals surface area contributed by atoms with Gasteiger partial charge in [-0.1, -0.05) is 0 Å². The van der Waals surface area contributed by atoms with Crippen LogP contribution in [0.2, 0.25) is 0 Å². The van der Waals surface area contributed by atoms with Gasteiger partial charge in [-0.15, -0.1) is 0 Å². The molecular weight excluding hydrogens is 488 g/mol. The Morgan fingerprint density at radius 2 is 1.61 bits per heavy atom. The van der Waals surface area contributed by atoms with E-state index in [-0.39, 0.29) is 37.8 Å². The fraction of sp³-hybridized carbons (Fsp3) is 0.346. The van der Waals surface area contributed by atoms with Gasteiger partial charge in [0.05, 0.1) is 29.3 Å². The van der Waals surface area contributed by atoms with Gasteiger partial charge in [-0.3, -0.25) is 4.79 Å². The van der Waals surface area contributed by atoms with Gasteiger partial charge in [-0.2, -0.15) is 4.31 Å². The summed E-state index contributed by atoms with van der Waals surface area (Å²) in [4.78, 5) is 15.2. The molecule has 36 heavy (non-hydrogen) atoms. The Morgan fingerprint density at radius 1 is 0.972 bits per heavy atom. The van der Waals surface area contributed by atoms with E-state index < -0.39 is 26.9 Å². The summed E-state index contributed by atoms with van der Waals surface area (Å²) in [7, 11) is -1.85. The first-order chi connectivity index (χ1) is 17.0. The highest BCUT2D eigenvalue weighted by Gasteiger charge is 2.32. The van der Waals surface area contributed by atoms with Crippen molar-refractivity contribution in [3.63, 3.8) is 0 Å². The second-order valence-corrected chi connectivity index (χ2v) is 11.5. The summed E-state index contributed by atoms with van der Waals surface area (Å²) in [6.45, 7) is 5.90. The molecule has 0 radical (unpaired) electrons. The fourth-order valence-corrected chi connectivity index (χ4v) is 5.65. The summed E-state index contributed by atoms with van der Waals surface area (Å²) in [5.41, 5.74) is 2.25. The van der Waals surface area contributed by atoms with Crippen molar-refractivity contribution in [2.24, 2.45) is 0 Å². The van der Waals surface area contributed by atoms with Crippen LogP contribution >= 0.6 is 0 Å². The molecule has 0 unspecified atom stereocenters. The molecule has 1 saturated heterocycles. The van der Waals surface area contributed by atoms with Crippen LogP contribution in [-0.4, -0.2) is 66.6 Å². The molecule has 1 aromatic heterocycles. The minimum atomic E-state index is -3.40. The van der Waals surface area contributed by atoms with Crippen molar-refractivity contribution in [3.05, 3.63) is 71.4 Å². The van der Waals surface area contributed by atoms with Gasteiger partial charge in [0.2, 0.25) is 10.0 Å². The number of ether oxygens (including phenoxy) is 1. The molecule has 1 fully saturated rings. The van der Waals surface area contributed by atoms with Crippen LogP contribution in [0.3, 0.4) is 0 Å². The van der Waals surface area contributed by atoms with E-state index in [0.29, 0.717) is 22.7 Å². The van der Waals surface area contributed by atoms with Crippen molar-refractivity contribution in [2.45, 2.75) is 26.0 Å². The van der Waals surface area contributed by atoms with Crippen molar-refractivity contribution in [3.8, 4) is 22.7 Å². The Labute approximate surface area is 209 Å². The molecule has 0 N–H and O–H groups in total. The van der Waals surface area contributed by atoms with E-state index >= 15 is 0 Å². The van der Waals surface area contributed by atoms with Crippen molar-refractivity contribution in [2.75, 3.05) is 33.3 Å². The third-order valence-corrected chi connectivity index (χ3v) is 8.77. The van der Waals surface area contributed by atoms with Crippen molar-refractivity contribution in [1.82, 2.24) is 13.8 Å². The van der Waals surface area contributed by atoms with Gasteiger partial charge in [-0.05, 0) is 68.8 Å². The van der Waals surface area contributed by atoms with Gasteiger partial charge >= 0.3 is 0 Å². The molecule has 1 aliphatic rings. The molecule has 4 rings (SSSR count). The number of sulfonamides is 1. The Hall–Kier alpha value is -3.24. The Bertz CT molecular complexity index is 1380. The Kier molecular flexibility index (Phi) is 7.19. The van der Waals surface area contributed by atoms with Crippen LogP contribution in [0.25, 0.3) is 16.9 Å². The van der Waals surface area contributed by atoms with E-state index in [1.807, 2.05) is 0 Å². The number of amides is 1. The highest BCUT2D eigenvalue weighted by Crippen LogP contribution is 2.32. The van der Waals surface area contributed by atoms with Crippen LogP contribution < -0.4 is 4.74 Å². The molecule has 2 heterocycles. The van der Waals surface area contributed by atoms with Gasteiger partial charge in [0, 0.05) is 37.9 Å². The van der Waals surface area contributed by atoms with Crippen LogP contribution in [0.5, 0.6) is 5.75 Å². The summed E-state index contributed by atoms with van der Waals surface area (Å²) in [5, 5.41) is -0.534. The quantitative estimate of drug-likeness (QED) is 0.491. The number of nitrogens with zero attached hydrogens (tertiary/aromatic N) is 3. The molecule has 0 spiro atoms. The van der Waals surface area contributed by atoms with Gasteiger partial charge < -0.3 is 14.2 Å². The topological polar surface area (TPSA) is 71.8 Å². The van der Waals surface area contributed by atoms with E-state index in [2.05, 4.69) is 0 Å². The number of piperazine rings is 1. The van der Waals surface area contributed by atoms with Crippen LogP contribution in [0, 0.1) is 18.6 Å². The first-order valence-electron chi connectivity index (χ1n) is 11.6. The summed E-state index contributed by atoms with van der Waals surface area (Å²) in [6, 6.07) is 12.1. The van der Waals surface area contributed by atoms with E-state index in [1.54, 1.807) is 67.7 Å². The molecule has 0 bridgehead atoms. The number of hydrogen-bond donors (Lipinski definition) is 0. The highest BCUT2D eigenvalue weighted by atomic mass is 32.2. The lowest BCUT2D eigenvalue weighted by molar-refractivity contribution is 0.0697. The van der Waals surface area contributed by atoms with Crippen molar-refractivity contribution < 1.29 is 26.7 Å². The van der Waals surface area contributed by atoms with E-state index in [9.17, 15) is 22.0 Å². The Balaban J connectivity index is 1.72. The standard InChI is InChI=1S/C26H29F2N3O4S/c1-17(2)36(33,34)30-13-11-29(12-14-30)26(32)22-16-25(19-5-8-21(35-4)9-6-19)31(18(22)3)24-10-7-20(27)15-23(24)28/h5-10,15-17H,11-14H2,1-4H3. The van der Waals surface area contributed by atoms with Crippen molar-refractivity contribution in [1.29, 1.82) is 0 Å². The number of benzene rings is 2. The molecule has 0 saturated carbocycles. The zero-order chi connectivity index (χ0) is 26.2. The second kappa shape index (κ2) is 10.0. The zero-order valence-electron chi connectivity index (χ0n) is 20.7. The Morgan fingerprint density at radius 3 is 2.17 bits per heavy atom. The van der Waals surface area contributed by atoms with Gasteiger partial charge in [-0.25, -0.2) is 17.2 Å². The number of hydrogen-bond acceptors (Lipinski definition) is 4. The first kappa shape index (κ1) is 25.8. The maximum atomic E-state index is 14.9. The smallest absolute Gasteiger partial charge is 0.255 e. The lowest BCUT2D eigenvalue weighted by Crippen LogP contribution is -2.52. The first-order valence-corrected chi connectivity index (χ1v) is 13.2. The second-order valence-electron chi connectivity index (χ2n) is 8.97. The summed E-state index contributed by atoms with van der Waals surface area (Å²) in [6.07, 6.45) is 0. The minimum Gasteiger partial charge on any atom is -0.497 e. The SMILES string of the molecule is COc1ccc(-c2cc(C(=O)N3CCN(S(=O)(=O)C(C)C)CC3)c(C)n2-c2ccc(F)cc2F)cc1. The third-order valence-electron chi connectivity index (χ3n) is 6.50. The number of methoxy groups -OCH3 is 1. The molecule has 1 aliphatic heterocycles. The van der Waals surface area contributed by atoms with Crippen LogP contribution in [0.4, 0.5) is 8.78 Å². The van der Waals surface area contributed by atoms with Gasteiger partial charge in [0.25, 0.3) is 5.91 Å². The lowest BCUT2D eigenvalue weighted by Gasteiger charge is -2.34. The largest absolute Gasteiger partial charge is 0.497 e. The summed E-state index contributed by atoms with van der Waals surface area (Å²) >= 11 is 0. The molecule has 1 amide bonds. The third kappa shape index (κ3) is 4.75. The monoisotopic (exact) mass is 517 g/mol. The molecule has 0 atom stereocenters. The van der Waals surface area contributed by atoms with Crippen LogP contribution in [-0.2, 0) is 10.0 Å². The molecule has 10 heteroatoms.